The van der Waals surface area contributed by atoms with Crippen LogP contribution in [0.25, 0.3) is 0 Å². The fourth-order valence-electron chi connectivity index (χ4n) is 1.54. The molecular formula is C10H12N2OS. The third kappa shape index (κ3) is 1.85. The highest BCUT2D eigenvalue weighted by atomic mass is 32.1. The van der Waals surface area contributed by atoms with Gasteiger partial charge in [-0.2, -0.15) is 0 Å². The zero-order valence-corrected chi connectivity index (χ0v) is 8.63. The molecule has 0 aliphatic carbocycles. The van der Waals surface area contributed by atoms with Gasteiger partial charge < -0.3 is 5.32 Å². The lowest BCUT2D eigenvalue weighted by Crippen LogP contribution is -2.46. The SMILES string of the molecule is O=C1NCCCN1c1cccc(S)c1. The van der Waals surface area contributed by atoms with Crippen LogP contribution in [0.1, 0.15) is 6.42 Å². The molecule has 0 spiro atoms. The molecule has 4 heteroatoms. The molecular weight excluding hydrogens is 196 g/mol. The maximum absolute atomic E-state index is 11.5. The standard InChI is InChI=1S/C10H12N2OS/c13-10-11-5-2-6-12(10)8-3-1-4-9(14)7-8/h1,3-4,7,14H,2,5-6H2,(H,11,13). The van der Waals surface area contributed by atoms with E-state index in [0.29, 0.717) is 0 Å². The number of hydrogen-bond donors (Lipinski definition) is 2. The molecule has 1 aromatic rings. The second-order valence-corrected chi connectivity index (χ2v) is 3.77. The van der Waals surface area contributed by atoms with Crippen LogP contribution < -0.4 is 10.2 Å². The van der Waals surface area contributed by atoms with Gasteiger partial charge in [0.25, 0.3) is 0 Å². The number of amides is 2. The minimum absolute atomic E-state index is 0.0183. The third-order valence-corrected chi connectivity index (χ3v) is 2.50. The molecule has 0 bridgehead atoms. The molecule has 3 nitrogen and oxygen atoms in total. The van der Waals surface area contributed by atoms with Gasteiger partial charge in [-0.1, -0.05) is 6.07 Å². The molecule has 1 saturated heterocycles. The molecule has 74 valence electrons. The van der Waals surface area contributed by atoms with E-state index in [1.807, 2.05) is 24.3 Å². The average Bonchev–Trinajstić information content (AvgIpc) is 2.18. The second kappa shape index (κ2) is 3.92. The smallest absolute Gasteiger partial charge is 0.321 e. The molecule has 1 aromatic carbocycles. The van der Waals surface area contributed by atoms with E-state index in [-0.39, 0.29) is 6.03 Å². The Balaban J connectivity index is 2.24. The summed E-state index contributed by atoms with van der Waals surface area (Å²) in [6, 6.07) is 7.60. The molecule has 14 heavy (non-hydrogen) atoms. The van der Waals surface area contributed by atoms with Crippen LogP contribution in [0, 0.1) is 0 Å². The van der Waals surface area contributed by atoms with Gasteiger partial charge in [-0.25, -0.2) is 4.79 Å². The van der Waals surface area contributed by atoms with Crippen LogP contribution in [0.2, 0.25) is 0 Å². The van der Waals surface area contributed by atoms with Gasteiger partial charge in [0, 0.05) is 23.7 Å². The third-order valence-electron chi connectivity index (χ3n) is 2.22. The summed E-state index contributed by atoms with van der Waals surface area (Å²) in [5.74, 6) is 0. The Morgan fingerprint density at radius 1 is 1.43 bits per heavy atom. The molecule has 1 fully saturated rings. The first-order valence-corrected chi connectivity index (χ1v) is 5.06. The molecule has 1 N–H and O–H groups in total. The second-order valence-electron chi connectivity index (χ2n) is 3.26. The Labute approximate surface area is 88.5 Å². The first-order chi connectivity index (χ1) is 6.77. The summed E-state index contributed by atoms with van der Waals surface area (Å²) in [6.07, 6.45) is 0.989. The van der Waals surface area contributed by atoms with Crippen molar-refractivity contribution in [3.63, 3.8) is 0 Å². The van der Waals surface area contributed by atoms with Gasteiger partial charge in [-0.15, -0.1) is 12.6 Å². The van der Waals surface area contributed by atoms with Crippen molar-refractivity contribution in [1.82, 2.24) is 5.32 Å². The number of hydrogen-bond acceptors (Lipinski definition) is 2. The minimum atomic E-state index is -0.0183. The molecule has 0 aromatic heterocycles. The van der Waals surface area contributed by atoms with Gasteiger partial charge in [0.1, 0.15) is 0 Å². The van der Waals surface area contributed by atoms with E-state index in [0.717, 1.165) is 30.1 Å². The number of thiol groups is 1. The lowest BCUT2D eigenvalue weighted by molar-refractivity contribution is 0.243. The molecule has 0 unspecified atom stereocenters. The number of nitrogens with one attached hydrogen (secondary N) is 1. The Morgan fingerprint density at radius 2 is 2.29 bits per heavy atom. The maximum atomic E-state index is 11.5. The Bertz CT molecular complexity index is 354. The molecule has 0 radical (unpaired) electrons. The summed E-state index contributed by atoms with van der Waals surface area (Å²) >= 11 is 4.24. The minimum Gasteiger partial charge on any atom is -0.338 e. The Hall–Kier alpha value is -1.16. The maximum Gasteiger partial charge on any atom is 0.321 e. The topological polar surface area (TPSA) is 32.3 Å². The first kappa shape index (κ1) is 9.40. The monoisotopic (exact) mass is 208 g/mol. The van der Waals surface area contributed by atoms with Crippen molar-refractivity contribution in [1.29, 1.82) is 0 Å². The van der Waals surface area contributed by atoms with Crippen molar-refractivity contribution in [2.45, 2.75) is 11.3 Å². The Morgan fingerprint density at radius 3 is 3.00 bits per heavy atom. The van der Waals surface area contributed by atoms with Crippen molar-refractivity contribution in [3.05, 3.63) is 24.3 Å². The number of anilines is 1. The highest BCUT2D eigenvalue weighted by Crippen LogP contribution is 2.19. The summed E-state index contributed by atoms with van der Waals surface area (Å²) in [7, 11) is 0. The molecule has 0 saturated carbocycles. The van der Waals surface area contributed by atoms with Crippen molar-refractivity contribution in [2.75, 3.05) is 18.0 Å². The van der Waals surface area contributed by atoms with Crippen LogP contribution in [0.3, 0.4) is 0 Å². The number of rotatable bonds is 1. The average molecular weight is 208 g/mol. The van der Waals surface area contributed by atoms with E-state index in [9.17, 15) is 4.79 Å². The first-order valence-electron chi connectivity index (χ1n) is 4.62. The lowest BCUT2D eigenvalue weighted by Gasteiger charge is -2.27. The van der Waals surface area contributed by atoms with Gasteiger partial charge in [0.05, 0.1) is 0 Å². The van der Waals surface area contributed by atoms with Crippen LogP contribution in [0.4, 0.5) is 10.5 Å². The predicted molar refractivity (Wildman–Crippen MR) is 59.1 cm³/mol. The molecule has 1 heterocycles. The lowest BCUT2D eigenvalue weighted by atomic mass is 10.2. The quantitative estimate of drug-likeness (QED) is 0.679. The van der Waals surface area contributed by atoms with Crippen molar-refractivity contribution in [3.8, 4) is 0 Å². The predicted octanol–water partition coefficient (Wildman–Crippen LogP) is 1.90. The highest BCUT2D eigenvalue weighted by molar-refractivity contribution is 7.80. The van der Waals surface area contributed by atoms with E-state index in [1.54, 1.807) is 4.90 Å². The summed E-state index contributed by atoms with van der Waals surface area (Å²) in [5.41, 5.74) is 0.912. The summed E-state index contributed by atoms with van der Waals surface area (Å²) in [5, 5.41) is 2.81. The number of carbonyl (C=O) groups excluding carboxylic acids is 1. The molecule has 2 amide bonds. The van der Waals surface area contributed by atoms with E-state index in [2.05, 4.69) is 17.9 Å². The van der Waals surface area contributed by atoms with E-state index in [4.69, 9.17) is 0 Å². The van der Waals surface area contributed by atoms with Crippen molar-refractivity contribution < 1.29 is 4.79 Å². The van der Waals surface area contributed by atoms with Crippen molar-refractivity contribution >= 4 is 24.3 Å². The van der Waals surface area contributed by atoms with Gasteiger partial charge in [0.15, 0.2) is 0 Å². The van der Waals surface area contributed by atoms with Gasteiger partial charge in [-0.05, 0) is 24.6 Å². The number of urea groups is 1. The number of benzene rings is 1. The van der Waals surface area contributed by atoms with Gasteiger partial charge in [-0.3, -0.25) is 4.90 Å². The molecule has 2 rings (SSSR count). The van der Waals surface area contributed by atoms with E-state index >= 15 is 0 Å². The van der Waals surface area contributed by atoms with Crippen LogP contribution in [0.5, 0.6) is 0 Å². The fourth-order valence-corrected chi connectivity index (χ4v) is 1.76. The van der Waals surface area contributed by atoms with Crippen LogP contribution >= 0.6 is 12.6 Å². The largest absolute Gasteiger partial charge is 0.338 e. The van der Waals surface area contributed by atoms with E-state index < -0.39 is 0 Å². The number of nitrogens with zero attached hydrogens (tertiary/aromatic N) is 1. The molecule has 1 aliphatic heterocycles. The fraction of sp³-hybridized carbons (Fsp3) is 0.300. The summed E-state index contributed by atoms with van der Waals surface area (Å²) < 4.78 is 0. The van der Waals surface area contributed by atoms with E-state index in [1.165, 1.54) is 0 Å². The zero-order valence-electron chi connectivity index (χ0n) is 7.73. The van der Waals surface area contributed by atoms with Crippen LogP contribution in [-0.4, -0.2) is 19.1 Å². The van der Waals surface area contributed by atoms with Gasteiger partial charge >= 0.3 is 6.03 Å². The molecule has 1 aliphatic rings. The van der Waals surface area contributed by atoms with Crippen LogP contribution in [-0.2, 0) is 0 Å². The van der Waals surface area contributed by atoms with Crippen molar-refractivity contribution in [2.24, 2.45) is 0 Å². The molecule has 0 atom stereocenters. The zero-order chi connectivity index (χ0) is 9.97. The highest BCUT2D eigenvalue weighted by Gasteiger charge is 2.18. The van der Waals surface area contributed by atoms with Crippen LogP contribution in [0.15, 0.2) is 29.2 Å². The normalized spacial score (nSPS) is 16.6. The number of carbonyl (C=O) groups is 1. The summed E-state index contributed by atoms with van der Waals surface area (Å²) in [6.45, 7) is 1.55. The summed E-state index contributed by atoms with van der Waals surface area (Å²) in [4.78, 5) is 14.1. The van der Waals surface area contributed by atoms with Gasteiger partial charge in [0.2, 0.25) is 0 Å². The Kier molecular flexibility index (Phi) is 2.63.